The first kappa shape index (κ1) is 22.6. The van der Waals surface area contributed by atoms with Crippen LogP contribution in [0.5, 0.6) is 5.75 Å². The third kappa shape index (κ3) is 5.75. The van der Waals surface area contributed by atoms with Crippen molar-refractivity contribution in [2.24, 2.45) is 0 Å². The molecule has 3 N–H and O–H groups in total. The molecule has 1 unspecified atom stereocenters. The number of benzene rings is 3. The summed E-state index contributed by atoms with van der Waals surface area (Å²) in [7, 11) is -2.51. The molecule has 0 saturated heterocycles. The summed E-state index contributed by atoms with van der Waals surface area (Å²) in [6.07, 6.45) is -0.957. The van der Waals surface area contributed by atoms with E-state index < -0.39 is 22.0 Å². The maximum atomic E-state index is 12.8. The highest BCUT2D eigenvalue weighted by Gasteiger charge is 2.19. The second-order valence-electron chi connectivity index (χ2n) is 6.61. The van der Waals surface area contributed by atoms with Gasteiger partial charge in [0.1, 0.15) is 5.75 Å². The van der Waals surface area contributed by atoms with E-state index in [2.05, 4.69) is 10.0 Å². The van der Waals surface area contributed by atoms with E-state index >= 15 is 0 Å². The number of ether oxygens (including phenoxy) is 1. The zero-order chi connectivity index (χ0) is 22.4. The molecule has 0 aromatic heterocycles. The molecule has 0 saturated carbocycles. The van der Waals surface area contributed by atoms with Crippen molar-refractivity contribution in [3.63, 3.8) is 0 Å². The van der Waals surface area contributed by atoms with Crippen LogP contribution in [-0.4, -0.2) is 33.1 Å². The summed E-state index contributed by atoms with van der Waals surface area (Å²) in [5.74, 6) is -0.148. The van der Waals surface area contributed by atoms with Gasteiger partial charge < -0.3 is 15.2 Å². The van der Waals surface area contributed by atoms with Gasteiger partial charge in [0, 0.05) is 17.1 Å². The fourth-order valence-electron chi connectivity index (χ4n) is 2.86. The Morgan fingerprint density at radius 1 is 1.06 bits per heavy atom. The average Bonchev–Trinajstić information content (AvgIpc) is 2.77. The third-order valence-electron chi connectivity index (χ3n) is 4.45. The Balaban J connectivity index is 1.72. The summed E-state index contributed by atoms with van der Waals surface area (Å²) < 4.78 is 33.2. The molecule has 0 aliphatic carbocycles. The number of rotatable bonds is 8. The van der Waals surface area contributed by atoms with Gasteiger partial charge in [0.15, 0.2) is 0 Å². The third-order valence-corrected chi connectivity index (χ3v) is 6.05. The van der Waals surface area contributed by atoms with Gasteiger partial charge >= 0.3 is 0 Å². The molecule has 0 fully saturated rings. The van der Waals surface area contributed by atoms with Crippen LogP contribution in [-0.2, 0) is 10.0 Å². The number of hydrogen-bond acceptors (Lipinski definition) is 5. The highest BCUT2D eigenvalue weighted by atomic mass is 35.5. The van der Waals surface area contributed by atoms with Crippen LogP contribution in [0.2, 0.25) is 5.02 Å². The lowest BCUT2D eigenvalue weighted by Gasteiger charge is -2.14. The van der Waals surface area contributed by atoms with Gasteiger partial charge in [-0.2, -0.15) is 0 Å². The number of hydrogen-bond donors (Lipinski definition) is 3. The summed E-state index contributed by atoms with van der Waals surface area (Å²) in [6.45, 7) is -0.0599. The summed E-state index contributed by atoms with van der Waals surface area (Å²) in [6, 6.07) is 18.9. The zero-order valence-corrected chi connectivity index (χ0v) is 18.2. The molecule has 9 heteroatoms. The normalized spacial score (nSPS) is 12.1. The zero-order valence-electron chi connectivity index (χ0n) is 16.6. The molecular weight excluding hydrogens is 440 g/mol. The SMILES string of the molecule is COc1ccccc1NS(=O)(=O)c1cccc(C(=O)NCC(O)c2cccc(Cl)c2)c1. The van der Waals surface area contributed by atoms with E-state index in [-0.39, 0.29) is 22.7 Å². The minimum atomic E-state index is -3.96. The lowest BCUT2D eigenvalue weighted by Crippen LogP contribution is -2.28. The smallest absolute Gasteiger partial charge is 0.262 e. The number of anilines is 1. The number of para-hydroxylation sites is 2. The quantitative estimate of drug-likeness (QED) is 0.476. The van der Waals surface area contributed by atoms with Crippen molar-refractivity contribution in [3.8, 4) is 5.75 Å². The molecular formula is C22H21ClN2O5S. The standard InChI is InChI=1S/C22H21ClN2O5S/c1-30-21-11-3-2-10-19(21)25-31(28,29)18-9-5-7-16(13-18)22(27)24-14-20(26)15-6-4-8-17(23)12-15/h2-13,20,25-26H,14H2,1H3,(H,24,27). The van der Waals surface area contributed by atoms with Crippen LogP contribution < -0.4 is 14.8 Å². The van der Waals surface area contributed by atoms with Crippen LogP contribution in [0.3, 0.4) is 0 Å². The summed E-state index contributed by atoms with van der Waals surface area (Å²) in [5, 5.41) is 13.3. The molecule has 31 heavy (non-hydrogen) atoms. The van der Waals surface area contributed by atoms with E-state index in [0.29, 0.717) is 16.3 Å². The van der Waals surface area contributed by atoms with Crippen molar-refractivity contribution in [2.45, 2.75) is 11.0 Å². The van der Waals surface area contributed by atoms with Crippen LogP contribution in [0.15, 0.2) is 77.7 Å². The van der Waals surface area contributed by atoms with Gasteiger partial charge in [0.25, 0.3) is 15.9 Å². The first-order valence-electron chi connectivity index (χ1n) is 9.28. The summed E-state index contributed by atoms with van der Waals surface area (Å²) >= 11 is 5.92. The molecule has 1 amide bonds. The van der Waals surface area contributed by atoms with Gasteiger partial charge in [-0.3, -0.25) is 9.52 Å². The van der Waals surface area contributed by atoms with Crippen molar-refractivity contribution in [3.05, 3.63) is 88.9 Å². The van der Waals surface area contributed by atoms with E-state index in [4.69, 9.17) is 16.3 Å². The highest BCUT2D eigenvalue weighted by Crippen LogP contribution is 2.26. The molecule has 3 aromatic carbocycles. The van der Waals surface area contributed by atoms with E-state index in [1.54, 1.807) is 48.5 Å². The molecule has 3 aromatic rings. The predicted octanol–water partition coefficient (Wildman–Crippen LogP) is 3.61. The second-order valence-corrected chi connectivity index (χ2v) is 8.73. The molecule has 1 atom stereocenters. The molecule has 0 spiro atoms. The van der Waals surface area contributed by atoms with Gasteiger partial charge in [-0.15, -0.1) is 0 Å². The Morgan fingerprint density at radius 3 is 2.55 bits per heavy atom. The molecule has 162 valence electrons. The first-order valence-corrected chi connectivity index (χ1v) is 11.1. The Kier molecular flexibility index (Phi) is 7.17. The topological polar surface area (TPSA) is 105 Å². The van der Waals surface area contributed by atoms with Gasteiger partial charge in [0.05, 0.1) is 23.8 Å². The first-order chi connectivity index (χ1) is 14.8. The van der Waals surface area contributed by atoms with Crippen molar-refractivity contribution in [2.75, 3.05) is 18.4 Å². The molecule has 0 radical (unpaired) electrons. The molecule has 0 aliphatic heterocycles. The van der Waals surface area contributed by atoms with Gasteiger partial charge in [-0.1, -0.05) is 41.9 Å². The van der Waals surface area contributed by atoms with Gasteiger partial charge in [-0.25, -0.2) is 8.42 Å². The Hall–Kier alpha value is -3.07. The van der Waals surface area contributed by atoms with Gasteiger partial charge in [-0.05, 0) is 48.0 Å². The van der Waals surface area contributed by atoms with Crippen molar-refractivity contribution in [1.29, 1.82) is 0 Å². The number of carbonyl (C=O) groups excluding carboxylic acids is 1. The number of amides is 1. The maximum Gasteiger partial charge on any atom is 0.262 e. The van der Waals surface area contributed by atoms with Crippen LogP contribution in [0.25, 0.3) is 0 Å². The monoisotopic (exact) mass is 460 g/mol. The number of carbonyl (C=O) groups is 1. The number of aliphatic hydroxyl groups is 1. The molecule has 0 aliphatic rings. The number of halogens is 1. The molecule has 3 rings (SSSR count). The largest absolute Gasteiger partial charge is 0.495 e. The Bertz CT molecular complexity index is 1180. The molecule has 0 heterocycles. The van der Waals surface area contributed by atoms with Crippen LogP contribution in [0.4, 0.5) is 5.69 Å². The number of sulfonamides is 1. The highest BCUT2D eigenvalue weighted by molar-refractivity contribution is 7.92. The summed E-state index contributed by atoms with van der Waals surface area (Å²) in [4.78, 5) is 12.4. The predicted molar refractivity (Wildman–Crippen MR) is 119 cm³/mol. The molecule has 0 bridgehead atoms. The fourth-order valence-corrected chi connectivity index (χ4v) is 4.17. The maximum absolute atomic E-state index is 12.8. The minimum Gasteiger partial charge on any atom is -0.495 e. The lowest BCUT2D eigenvalue weighted by molar-refractivity contribution is 0.0916. The van der Waals surface area contributed by atoms with Crippen LogP contribution >= 0.6 is 11.6 Å². The van der Waals surface area contributed by atoms with Crippen molar-refractivity contribution >= 4 is 33.2 Å². The van der Waals surface area contributed by atoms with Crippen molar-refractivity contribution in [1.82, 2.24) is 5.32 Å². The second kappa shape index (κ2) is 9.82. The lowest BCUT2D eigenvalue weighted by atomic mass is 10.1. The van der Waals surface area contributed by atoms with E-state index in [9.17, 15) is 18.3 Å². The molecule has 7 nitrogen and oxygen atoms in total. The van der Waals surface area contributed by atoms with E-state index in [1.807, 2.05) is 0 Å². The Labute approximate surface area is 185 Å². The number of aliphatic hydroxyl groups excluding tert-OH is 1. The van der Waals surface area contributed by atoms with Crippen LogP contribution in [0.1, 0.15) is 22.0 Å². The van der Waals surface area contributed by atoms with E-state index in [1.165, 1.54) is 31.4 Å². The summed E-state index contributed by atoms with van der Waals surface area (Å²) in [5.41, 5.74) is 0.982. The Morgan fingerprint density at radius 2 is 1.81 bits per heavy atom. The van der Waals surface area contributed by atoms with Crippen molar-refractivity contribution < 1.29 is 23.1 Å². The number of methoxy groups -OCH3 is 1. The van der Waals surface area contributed by atoms with E-state index in [0.717, 1.165) is 0 Å². The van der Waals surface area contributed by atoms with Gasteiger partial charge in [0.2, 0.25) is 0 Å². The average molecular weight is 461 g/mol. The fraction of sp³-hybridized carbons (Fsp3) is 0.136. The minimum absolute atomic E-state index is 0.0599. The number of nitrogens with one attached hydrogen (secondary N) is 2. The van der Waals surface area contributed by atoms with Crippen LogP contribution in [0, 0.1) is 0 Å².